The van der Waals surface area contributed by atoms with Crippen LogP contribution in [0.5, 0.6) is 5.75 Å². The minimum atomic E-state index is -0.677. The summed E-state index contributed by atoms with van der Waals surface area (Å²) in [5.41, 5.74) is 0.465. The molecule has 1 N–H and O–H groups in total. The molecule has 0 spiro atoms. The molecule has 1 unspecified atom stereocenters. The van der Waals surface area contributed by atoms with E-state index in [0.717, 1.165) is 0 Å². The Labute approximate surface area is 112 Å². The molecule has 1 aromatic rings. The van der Waals surface area contributed by atoms with E-state index in [1.54, 1.807) is 31.2 Å². The van der Waals surface area contributed by atoms with E-state index in [1.807, 2.05) is 13.8 Å². The lowest BCUT2D eigenvalue weighted by Gasteiger charge is -2.12. The van der Waals surface area contributed by atoms with Crippen molar-refractivity contribution in [3.8, 4) is 5.75 Å². The molecule has 104 valence electrons. The van der Waals surface area contributed by atoms with Crippen LogP contribution in [-0.2, 0) is 9.53 Å². The molecule has 1 amide bonds. The van der Waals surface area contributed by atoms with Gasteiger partial charge in [0, 0.05) is 5.56 Å². The fourth-order valence-corrected chi connectivity index (χ4v) is 1.47. The van der Waals surface area contributed by atoms with Crippen LogP contribution < -0.4 is 10.1 Å². The van der Waals surface area contributed by atoms with Crippen LogP contribution in [0.1, 0.15) is 31.1 Å². The number of carbonyl (C=O) groups is 2. The quantitative estimate of drug-likeness (QED) is 0.824. The molecule has 0 radical (unpaired) electrons. The van der Waals surface area contributed by atoms with Crippen molar-refractivity contribution in [1.29, 1.82) is 0 Å². The monoisotopic (exact) mass is 265 g/mol. The third-order valence-corrected chi connectivity index (χ3v) is 2.39. The molecule has 0 fully saturated rings. The average molecular weight is 265 g/mol. The standard InChI is InChI=1S/C14H19NO4/c1-9(2)19-12-7-5-11(6-8-12)13(16)15-10(3)14(17)18-4/h5-10H,1-4H3,(H,15,16). The van der Waals surface area contributed by atoms with Crippen molar-refractivity contribution in [3.05, 3.63) is 29.8 Å². The van der Waals surface area contributed by atoms with Gasteiger partial charge in [-0.3, -0.25) is 4.79 Å². The van der Waals surface area contributed by atoms with Gasteiger partial charge < -0.3 is 14.8 Å². The zero-order chi connectivity index (χ0) is 14.4. The van der Waals surface area contributed by atoms with E-state index in [2.05, 4.69) is 10.1 Å². The molecule has 5 heteroatoms. The summed E-state index contributed by atoms with van der Waals surface area (Å²) in [7, 11) is 1.28. The number of benzene rings is 1. The molecule has 0 heterocycles. The van der Waals surface area contributed by atoms with E-state index in [4.69, 9.17) is 4.74 Å². The maximum Gasteiger partial charge on any atom is 0.328 e. The fraction of sp³-hybridized carbons (Fsp3) is 0.429. The maximum atomic E-state index is 11.8. The van der Waals surface area contributed by atoms with Crippen molar-refractivity contribution >= 4 is 11.9 Å². The van der Waals surface area contributed by atoms with Gasteiger partial charge in [-0.2, -0.15) is 0 Å². The molecule has 0 aromatic heterocycles. The molecular weight excluding hydrogens is 246 g/mol. The number of amides is 1. The Morgan fingerprint density at radius 1 is 1.11 bits per heavy atom. The first kappa shape index (κ1) is 15.0. The molecule has 5 nitrogen and oxygen atoms in total. The van der Waals surface area contributed by atoms with Crippen LogP contribution in [0.15, 0.2) is 24.3 Å². The van der Waals surface area contributed by atoms with Crippen LogP contribution in [-0.4, -0.2) is 31.1 Å². The fourth-order valence-electron chi connectivity index (χ4n) is 1.47. The summed E-state index contributed by atoms with van der Waals surface area (Å²) in [4.78, 5) is 23.0. The van der Waals surface area contributed by atoms with Crippen molar-refractivity contribution in [2.24, 2.45) is 0 Å². The second-order valence-electron chi connectivity index (χ2n) is 4.41. The Hall–Kier alpha value is -2.04. The topological polar surface area (TPSA) is 64.6 Å². The van der Waals surface area contributed by atoms with Gasteiger partial charge in [-0.15, -0.1) is 0 Å². The van der Waals surface area contributed by atoms with Crippen molar-refractivity contribution in [2.45, 2.75) is 32.9 Å². The second kappa shape index (κ2) is 6.78. The number of hydrogen-bond acceptors (Lipinski definition) is 4. The Bertz CT molecular complexity index is 439. The summed E-state index contributed by atoms with van der Waals surface area (Å²) < 4.78 is 10.0. The van der Waals surface area contributed by atoms with Gasteiger partial charge in [0.05, 0.1) is 13.2 Å². The zero-order valence-electron chi connectivity index (χ0n) is 11.6. The highest BCUT2D eigenvalue weighted by molar-refractivity contribution is 5.96. The summed E-state index contributed by atoms with van der Waals surface area (Å²) in [5, 5.41) is 2.55. The number of ether oxygens (including phenoxy) is 2. The van der Waals surface area contributed by atoms with Gasteiger partial charge in [0.1, 0.15) is 11.8 Å². The number of rotatable bonds is 5. The largest absolute Gasteiger partial charge is 0.491 e. The summed E-state index contributed by atoms with van der Waals surface area (Å²) >= 11 is 0. The highest BCUT2D eigenvalue weighted by atomic mass is 16.5. The van der Waals surface area contributed by atoms with Crippen molar-refractivity contribution < 1.29 is 19.1 Å². The minimum absolute atomic E-state index is 0.0824. The molecule has 0 saturated carbocycles. The van der Waals surface area contributed by atoms with Crippen LogP contribution in [0, 0.1) is 0 Å². The highest BCUT2D eigenvalue weighted by Gasteiger charge is 2.16. The number of methoxy groups -OCH3 is 1. The van der Waals surface area contributed by atoms with Gasteiger partial charge in [0.15, 0.2) is 0 Å². The summed E-state index contributed by atoms with van der Waals surface area (Å²) in [6, 6.07) is 6.06. The predicted molar refractivity (Wildman–Crippen MR) is 71.2 cm³/mol. The van der Waals surface area contributed by atoms with Crippen molar-refractivity contribution in [3.63, 3.8) is 0 Å². The maximum absolute atomic E-state index is 11.8. The zero-order valence-corrected chi connectivity index (χ0v) is 11.6. The molecule has 1 atom stereocenters. The highest BCUT2D eigenvalue weighted by Crippen LogP contribution is 2.13. The van der Waals surface area contributed by atoms with Crippen LogP contribution >= 0.6 is 0 Å². The van der Waals surface area contributed by atoms with Gasteiger partial charge in [0.25, 0.3) is 5.91 Å². The number of esters is 1. The van der Waals surface area contributed by atoms with Crippen molar-refractivity contribution in [2.75, 3.05) is 7.11 Å². The molecule has 0 aliphatic rings. The summed E-state index contributed by atoms with van der Waals surface area (Å²) in [6.07, 6.45) is 0.0824. The van der Waals surface area contributed by atoms with Gasteiger partial charge in [0.2, 0.25) is 0 Å². The lowest BCUT2D eigenvalue weighted by atomic mass is 10.2. The molecule has 1 rings (SSSR count). The molecule has 0 bridgehead atoms. The van der Waals surface area contributed by atoms with Gasteiger partial charge in [-0.1, -0.05) is 0 Å². The average Bonchev–Trinajstić information content (AvgIpc) is 2.37. The molecule has 0 aliphatic carbocycles. The Kier molecular flexibility index (Phi) is 5.36. The van der Waals surface area contributed by atoms with Crippen LogP contribution in [0.4, 0.5) is 0 Å². The van der Waals surface area contributed by atoms with Crippen molar-refractivity contribution in [1.82, 2.24) is 5.32 Å². The Balaban J connectivity index is 2.65. The Morgan fingerprint density at radius 2 is 1.68 bits per heavy atom. The van der Waals surface area contributed by atoms with E-state index in [9.17, 15) is 9.59 Å². The molecule has 1 aromatic carbocycles. The summed E-state index contributed by atoms with van der Waals surface area (Å²) in [5.74, 6) is -0.102. The van der Waals surface area contributed by atoms with Gasteiger partial charge >= 0.3 is 5.97 Å². The first-order valence-electron chi connectivity index (χ1n) is 6.09. The summed E-state index contributed by atoms with van der Waals surface area (Å²) in [6.45, 7) is 5.43. The number of hydrogen-bond donors (Lipinski definition) is 1. The van der Waals surface area contributed by atoms with Gasteiger partial charge in [-0.05, 0) is 45.0 Å². The van der Waals surface area contributed by atoms with Gasteiger partial charge in [-0.25, -0.2) is 4.79 Å². The van der Waals surface area contributed by atoms with Crippen LogP contribution in [0.3, 0.4) is 0 Å². The first-order chi connectivity index (χ1) is 8.93. The molecule has 0 saturated heterocycles. The van der Waals surface area contributed by atoms with E-state index >= 15 is 0 Å². The lowest BCUT2D eigenvalue weighted by molar-refractivity contribution is -0.142. The number of nitrogens with one attached hydrogen (secondary N) is 1. The first-order valence-corrected chi connectivity index (χ1v) is 6.09. The Morgan fingerprint density at radius 3 is 2.16 bits per heavy atom. The third-order valence-electron chi connectivity index (χ3n) is 2.39. The van der Waals surface area contributed by atoms with Crippen LogP contribution in [0.25, 0.3) is 0 Å². The third kappa shape index (κ3) is 4.62. The lowest BCUT2D eigenvalue weighted by Crippen LogP contribution is -2.39. The minimum Gasteiger partial charge on any atom is -0.491 e. The normalized spacial score (nSPS) is 11.8. The van der Waals surface area contributed by atoms with E-state index in [-0.39, 0.29) is 12.0 Å². The SMILES string of the molecule is COC(=O)C(C)NC(=O)c1ccc(OC(C)C)cc1. The molecule has 19 heavy (non-hydrogen) atoms. The predicted octanol–water partition coefficient (Wildman–Crippen LogP) is 1.77. The van der Waals surface area contributed by atoms with E-state index in [0.29, 0.717) is 11.3 Å². The smallest absolute Gasteiger partial charge is 0.328 e. The second-order valence-corrected chi connectivity index (χ2v) is 4.41. The van der Waals surface area contributed by atoms with E-state index in [1.165, 1.54) is 7.11 Å². The van der Waals surface area contributed by atoms with E-state index < -0.39 is 12.0 Å². The van der Waals surface area contributed by atoms with Crippen LogP contribution in [0.2, 0.25) is 0 Å². The molecule has 0 aliphatic heterocycles. The number of carbonyl (C=O) groups excluding carboxylic acids is 2. The molecular formula is C14H19NO4.